The van der Waals surface area contributed by atoms with Crippen LogP contribution in [0, 0.1) is 0 Å². The van der Waals surface area contributed by atoms with Gasteiger partial charge >= 0.3 is 5.97 Å². The summed E-state index contributed by atoms with van der Waals surface area (Å²) in [5.41, 5.74) is 2.49. The molecule has 0 N–H and O–H groups in total. The molecule has 3 nitrogen and oxygen atoms in total. The fraction of sp³-hybridized carbons (Fsp3) is 0.143. The van der Waals surface area contributed by atoms with Gasteiger partial charge in [0.15, 0.2) is 0 Å². The van der Waals surface area contributed by atoms with Gasteiger partial charge in [0.25, 0.3) is 0 Å². The van der Waals surface area contributed by atoms with Crippen molar-refractivity contribution in [3.05, 3.63) is 65.5 Å². The SMILES string of the molecule is O=C1O[C@@H](c2ccccn2)Cc2ccccc21. The van der Waals surface area contributed by atoms with E-state index in [9.17, 15) is 4.79 Å². The number of benzene rings is 1. The summed E-state index contributed by atoms with van der Waals surface area (Å²) in [4.78, 5) is 16.1. The summed E-state index contributed by atoms with van der Waals surface area (Å²) in [6.07, 6.45) is 2.14. The normalized spacial score (nSPS) is 18.4. The third-order valence-electron chi connectivity index (χ3n) is 2.91. The molecule has 0 unspecified atom stereocenters. The molecule has 0 spiro atoms. The standard InChI is InChI=1S/C14H11NO2/c16-14-11-6-2-1-5-10(11)9-13(17-14)12-7-3-4-8-15-12/h1-8,13H,9H2/t13-/m1/s1. The zero-order chi connectivity index (χ0) is 11.7. The van der Waals surface area contributed by atoms with Crippen LogP contribution < -0.4 is 0 Å². The zero-order valence-electron chi connectivity index (χ0n) is 9.17. The van der Waals surface area contributed by atoms with Crippen LogP contribution in [0.5, 0.6) is 0 Å². The third-order valence-corrected chi connectivity index (χ3v) is 2.91. The van der Waals surface area contributed by atoms with Crippen molar-refractivity contribution >= 4 is 5.97 Å². The van der Waals surface area contributed by atoms with Gasteiger partial charge in [-0.3, -0.25) is 4.98 Å². The summed E-state index contributed by atoms with van der Waals surface area (Å²) >= 11 is 0. The van der Waals surface area contributed by atoms with E-state index in [0.717, 1.165) is 11.3 Å². The first-order chi connectivity index (χ1) is 8.34. The van der Waals surface area contributed by atoms with E-state index in [1.165, 1.54) is 0 Å². The number of esters is 1. The van der Waals surface area contributed by atoms with E-state index in [1.807, 2.05) is 36.4 Å². The number of aromatic nitrogens is 1. The first-order valence-corrected chi connectivity index (χ1v) is 5.54. The lowest BCUT2D eigenvalue weighted by Gasteiger charge is -2.23. The summed E-state index contributed by atoms with van der Waals surface area (Å²) in [5, 5.41) is 0. The number of pyridine rings is 1. The van der Waals surface area contributed by atoms with E-state index in [0.29, 0.717) is 12.0 Å². The van der Waals surface area contributed by atoms with Crippen LogP contribution in [0.25, 0.3) is 0 Å². The second-order valence-electron chi connectivity index (χ2n) is 4.01. The summed E-state index contributed by atoms with van der Waals surface area (Å²) < 4.78 is 5.40. The monoisotopic (exact) mass is 225 g/mol. The Labute approximate surface area is 99.1 Å². The van der Waals surface area contributed by atoms with Gasteiger partial charge in [-0.15, -0.1) is 0 Å². The maximum Gasteiger partial charge on any atom is 0.339 e. The highest BCUT2D eigenvalue weighted by Gasteiger charge is 2.27. The van der Waals surface area contributed by atoms with Crippen molar-refractivity contribution in [1.29, 1.82) is 0 Å². The van der Waals surface area contributed by atoms with Crippen LogP contribution in [0.4, 0.5) is 0 Å². The number of ether oxygens (including phenoxy) is 1. The Balaban J connectivity index is 1.97. The number of hydrogen-bond acceptors (Lipinski definition) is 3. The van der Waals surface area contributed by atoms with Crippen molar-refractivity contribution in [2.75, 3.05) is 0 Å². The molecule has 3 heteroatoms. The van der Waals surface area contributed by atoms with Gasteiger partial charge in [-0.2, -0.15) is 0 Å². The molecule has 0 saturated carbocycles. The lowest BCUT2D eigenvalue weighted by molar-refractivity contribution is 0.0242. The highest BCUT2D eigenvalue weighted by molar-refractivity contribution is 5.92. The fourth-order valence-corrected chi connectivity index (χ4v) is 2.06. The van der Waals surface area contributed by atoms with Crippen LogP contribution in [0.1, 0.15) is 27.7 Å². The highest BCUT2D eigenvalue weighted by atomic mass is 16.5. The lowest BCUT2D eigenvalue weighted by Crippen LogP contribution is -2.22. The van der Waals surface area contributed by atoms with Crippen molar-refractivity contribution < 1.29 is 9.53 Å². The van der Waals surface area contributed by atoms with Gasteiger partial charge in [-0.05, 0) is 23.8 Å². The molecule has 84 valence electrons. The first-order valence-electron chi connectivity index (χ1n) is 5.54. The van der Waals surface area contributed by atoms with Crippen molar-refractivity contribution in [2.45, 2.75) is 12.5 Å². The Kier molecular flexibility index (Phi) is 2.37. The molecule has 2 heterocycles. The molecular formula is C14H11NO2. The lowest BCUT2D eigenvalue weighted by atomic mass is 9.97. The van der Waals surface area contributed by atoms with Gasteiger partial charge in [0.1, 0.15) is 6.10 Å². The number of hydrogen-bond donors (Lipinski definition) is 0. The van der Waals surface area contributed by atoms with Crippen LogP contribution in [0.2, 0.25) is 0 Å². The molecule has 0 amide bonds. The molecule has 0 fully saturated rings. The summed E-state index contributed by atoms with van der Waals surface area (Å²) in [5.74, 6) is -0.262. The van der Waals surface area contributed by atoms with Gasteiger partial charge in [-0.1, -0.05) is 24.3 Å². The molecule has 1 aliphatic heterocycles. The Morgan fingerprint density at radius 2 is 1.94 bits per heavy atom. The van der Waals surface area contributed by atoms with Crippen LogP contribution in [0.15, 0.2) is 48.7 Å². The van der Waals surface area contributed by atoms with Crippen molar-refractivity contribution in [2.24, 2.45) is 0 Å². The molecule has 1 aliphatic rings. The van der Waals surface area contributed by atoms with Gasteiger partial charge in [0.05, 0.1) is 11.3 Å². The number of carbonyl (C=O) groups is 1. The molecule has 0 bridgehead atoms. The van der Waals surface area contributed by atoms with E-state index in [2.05, 4.69) is 4.98 Å². The van der Waals surface area contributed by atoms with E-state index in [1.54, 1.807) is 12.3 Å². The van der Waals surface area contributed by atoms with Crippen molar-refractivity contribution in [1.82, 2.24) is 4.98 Å². The predicted octanol–water partition coefficient (Wildman–Crippen LogP) is 2.54. The molecule has 3 rings (SSSR count). The second kappa shape index (κ2) is 4.01. The maximum absolute atomic E-state index is 11.8. The van der Waals surface area contributed by atoms with Crippen molar-refractivity contribution in [3.63, 3.8) is 0 Å². The quantitative estimate of drug-likeness (QED) is 0.700. The van der Waals surface area contributed by atoms with Crippen LogP contribution in [-0.2, 0) is 11.2 Å². The van der Waals surface area contributed by atoms with Gasteiger partial charge in [0.2, 0.25) is 0 Å². The summed E-state index contributed by atoms with van der Waals surface area (Å²) in [6.45, 7) is 0. The molecule has 1 aromatic heterocycles. The first kappa shape index (κ1) is 10.0. The minimum absolute atomic E-state index is 0.262. The molecule has 1 aromatic carbocycles. The largest absolute Gasteiger partial charge is 0.452 e. The Bertz CT molecular complexity index is 551. The molecular weight excluding hydrogens is 214 g/mol. The third kappa shape index (κ3) is 1.80. The molecule has 2 aromatic rings. The van der Waals surface area contributed by atoms with E-state index < -0.39 is 0 Å². The van der Waals surface area contributed by atoms with E-state index in [4.69, 9.17) is 4.74 Å². The average Bonchev–Trinajstić information content (AvgIpc) is 2.40. The molecule has 17 heavy (non-hydrogen) atoms. The second-order valence-corrected chi connectivity index (χ2v) is 4.01. The topological polar surface area (TPSA) is 39.2 Å². The minimum atomic E-state index is -0.265. The van der Waals surface area contributed by atoms with Gasteiger partial charge < -0.3 is 4.74 Å². The van der Waals surface area contributed by atoms with E-state index >= 15 is 0 Å². The maximum atomic E-state index is 11.8. The molecule has 1 atom stereocenters. The number of carbonyl (C=O) groups excluding carboxylic acids is 1. The number of rotatable bonds is 1. The molecule has 0 radical (unpaired) electrons. The average molecular weight is 225 g/mol. The Morgan fingerprint density at radius 1 is 1.12 bits per heavy atom. The zero-order valence-corrected chi connectivity index (χ0v) is 9.17. The molecule has 0 saturated heterocycles. The van der Waals surface area contributed by atoms with Crippen LogP contribution in [-0.4, -0.2) is 11.0 Å². The molecule has 0 aliphatic carbocycles. The van der Waals surface area contributed by atoms with Gasteiger partial charge in [-0.25, -0.2) is 4.79 Å². The Hall–Kier alpha value is -2.16. The van der Waals surface area contributed by atoms with E-state index in [-0.39, 0.29) is 12.1 Å². The number of fused-ring (bicyclic) bond motifs is 1. The van der Waals surface area contributed by atoms with Crippen LogP contribution >= 0.6 is 0 Å². The smallest absolute Gasteiger partial charge is 0.339 e. The van der Waals surface area contributed by atoms with Crippen molar-refractivity contribution in [3.8, 4) is 0 Å². The predicted molar refractivity (Wildman–Crippen MR) is 62.5 cm³/mol. The summed E-state index contributed by atoms with van der Waals surface area (Å²) in [6, 6.07) is 13.2. The fourth-order valence-electron chi connectivity index (χ4n) is 2.06. The number of nitrogens with zero attached hydrogens (tertiary/aromatic N) is 1. The van der Waals surface area contributed by atoms with Gasteiger partial charge in [0, 0.05) is 12.6 Å². The van der Waals surface area contributed by atoms with Crippen LogP contribution in [0.3, 0.4) is 0 Å². The highest BCUT2D eigenvalue weighted by Crippen LogP contribution is 2.28. The minimum Gasteiger partial charge on any atom is -0.452 e. The summed E-state index contributed by atoms with van der Waals surface area (Å²) in [7, 11) is 0. The Morgan fingerprint density at radius 3 is 2.76 bits per heavy atom. The number of cyclic esters (lactones) is 1.